The first kappa shape index (κ1) is 10.9. The molecule has 1 aromatic heterocycles. The van der Waals surface area contributed by atoms with Crippen LogP contribution in [-0.2, 0) is 0 Å². The van der Waals surface area contributed by atoms with Gasteiger partial charge in [0.15, 0.2) is 0 Å². The molecule has 3 nitrogen and oxygen atoms in total. The number of anilines is 1. The number of piperazine rings is 1. The average Bonchev–Trinajstić information content (AvgIpc) is 2.79. The Kier molecular flexibility index (Phi) is 4.44. The van der Waals surface area contributed by atoms with E-state index in [0.717, 1.165) is 19.6 Å². The summed E-state index contributed by atoms with van der Waals surface area (Å²) < 4.78 is 0. The van der Waals surface area contributed by atoms with Crippen LogP contribution in [-0.4, -0.2) is 44.2 Å². The lowest BCUT2D eigenvalue weighted by atomic mass is 10.3. The topological polar surface area (TPSA) is 27.3 Å². The molecule has 0 amide bonds. The number of nitrogens with zero attached hydrogens (tertiary/aromatic N) is 1. The number of rotatable bonds is 5. The molecule has 0 saturated carbocycles. The quantitative estimate of drug-likeness (QED) is 0.743. The Morgan fingerprint density at radius 3 is 3.00 bits per heavy atom. The van der Waals surface area contributed by atoms with E-state index in [1.54, 1.807) is 11.3 Å². The molecule has 84 valence electrons. The third-order valence-corrected chi connectivity index (χ3v) is 3.51. The van der Waals surface area contributed by atoms with Crippen LogP contribution < -0.4 is 10.6 Å². The van der Waals surface area contributed by atoms with Crippen LogP contribution in [0, 0.1) is 0 Å². The molecule has 1 aromatic rings. The Labute approximate surface area is 95.5 Å². The minimum atomic E-state index is 1.09. The van der Waals surface area contributed by atoms with Crippen LogP contribution in [0.2, 0.25) is 0 Å². The van der Waals surface area contributed by atoms with Crippen LogP contribution in [0.15, 0.2) is 17.5 Å². The zero-order chi connectivity index (χ0) is 10.3. The van der Waals surface area contributed by atoms with Gasteiger partial charge in [-0.05, 0) is 30.5 Å². The summed E-state index contributed by atoms with van der Waals surface area (Å²) in [6.07, 6.45) is 1.23. The van der Waals surface area contributed by atoms with Crippen molar-refractivity contribution in [3.8, 4) is 0 Å². The van der Waals surface area contributed by atoms with E-state index in [-0.39, 0.29) is 0 Å². The van der Waals surface area contributed by atoms with Crippen LogP contribution in [0.25, 0.3) is 0 Å². The maximum Gasteiger partial charge on any atom is 0.0882 e. The molecule has 0 spiro atoms. The van der Waals surface area contributed by atoms with Gasteiger partial charge in [-0.15, -0.1) is 11.3 Å². The van der Waals surface area contributed by atoms with E-state index >= 15 is 0 Å². The van der Waals surface area contributed by atoms with Gasteiger partial charge >= 0.3 is 0 Å². The van der Waals surface area contributed by atoms with Crippen molar-refractivity contribution in [2.75, 3.05) is 44.6 Å². The fourth-order valence-electron chi connectivity index (χ4n) is 1.83. The van der Waals surface area contributed by atoms with E-state index in [2.05, 4.69) is 33.0 Å². The van der Waals surface area contributed by atoms with Crippen molar-refractivity contribution in [3.63, 3.8) is 0 Å². The lowest BCUT2D eigenvalue weighted by Gasteiger charge is -2.27. The van der Waals surface area contributed by atoms with Crippen LogP contribution >= 0.6 is 11.3 Å². The second kappa shape index (κ2) is 6.10. The van der Waals surface area contributed by atoms with Crippen molar-refractivity contribution < 1.29 is 0 Å². The molecule has 1 aliphatic rings. The summed E-state index contributed by atoms with van der Waals surface area (Å²) >= 11 is 1.77. The summed E-state index contributed by atoms with van der Waals surface area (Å²) in [5, 5.41) is 10.2. The van der Waals surface area contributed by atoms with Gasteiger partial charge in [0, 0.05) is 32.7 Å². The van der Waals surface area contributed by atoms with Crippen molar-refractivity contribution in [1.29, 1.82) is 0 Å². The SMILES string of the molecule is c1csc(NCCCN2CCNCC2)c1. The first-order valence-electron chi connectivity index (χ1n) is 5.65. The zero-order valence-corrected chi connectivity index (χ0v) is 9.85. The minimum Gasteiger partial charge on any atom is -0.377 e. The summed E-state index contributed by atoms with van der Waals surface area (Å²) in [4.78, 5) is 2.53. The predicted octanol–water partition coefficient (Wildman–Crippen LogP) is 1.46. The summed E-state index contributed by atoms with van der Waals surface area (Å²) in [5.74, 6) is 0. The third-order valence-electron chi connectivity index (χ3n) is 2.68. The molecule has 0 radical (unpaired) electrons. The molecule has 2 N–H and O–H groups in total. The van der Waals surface area contributed by atoms with E-state index in [4.69, 9.17) is 0 Å². The van der Waals surface area contributed by atoms with Gasteiger partial charge < -0.3 is 15.5 Å². The van der Waals surface area contributed by atoms with E-state index < -0.39 is 0 Å². The fourth-order valence-corrected chi connectivity index (χ4v) is 2.47. The van der Waals surface area contributed by atoms with E-state index in [9.17, 15) is 0 Å². The molecule has 4 heteroatoms. The van der Waals surface area contributed by atoms with Gasteiger partial charge in [-0.25, -0.2) is 0 Å². The van der Waals surface area contributed by atoms with Crippen molar-refractivity contribution >= 4 is 16.3 Å². The minimum absolute atomic E-state index is 1.09. The van der Waals surface area contributed by atoms with Crippen LogP contribution in [0.3, 0.4) is 0 Å². The van der Waals surface area contributed by atoms with Gasteiger partial charge in [-0.2, -0.15) is 0 Å². The molecular weight excluding hydrogens is 206 g/mol. The molecule has 0 aliphatic carbocycles. The number of thiophene rings is 1. The lowest BCUT2D eigenvalue weighted by molar-refractivity contribution is 0.240. The first-order valence-corrected chi connectivity index (χ1v) is 6.53. The van der Waals surface area contributed by atoms with Crippen molar-refractivity contribution in [3.05, 3.63) is 17.5 Å². The molecule has 1 saturated heterocycles. The maximum atomic E-state index is 3.44. The second-order valence-electron chi connectivity index (χ2n) is 3.85. The molecule has 0 bridgehead atoms. The number of nitrogens with one attached hydrogen (secondary N) is 2. The first-order chi connectivity index (χ1) is 7.45. The van der Waals surface area contributed by atoms with Gasteiger partial charge in [-0.1, -0.05) is 0 Å². The summed E-state index contributed by atoms with van der Waals surface area (Å²) in [6.45, 7) is 7.03. The smallest absolute Gasteiger partial charge is 0.0882 e. The van der Waals surface area contributed by atoms with Gasteiger partial charge in [0.1, 0.15) is 0 Å². The molecule has 0 unspecified atom stereocenters. The highest BCUT2D eigenvalue weighted by Gasteiger charge is 2.07. The Hall–Kier alpha value is -0.580. The molecule has 2 rings (SSSR count). The van der Waals surface area contributed by atoms with Crippen LogP contribution in [0.4, 0.5) is 5.00 Å². The summed E-state index contributed by atoms with van der Waals surface area (Å²) in [5.41, 5.74) is 0. The number of hydrogen-bond acceptors (Lipinski definition) is 4. The maximum absolute atomic E-state index is 3.44. The molecular formula is C11H19N3S. The Bertz CT molecular complexity index is 255. The van der Waals surface area contributed by atoms with E-state index in [1.165, 1.54) is 31.1 Å². The van der Waals surface area contributed by atoms with E-state index in [1.807, 2.05) is 0 Å². The zero-order valence-electron chi connectivity index (χ0n) is 9.04. The highest BCUT2D eigenvalue weighted by Crippen LogP contribution is 2.14. The monoisotopic (exact) mass is 225 g/mol. The Balaban J connectivity index is 1.54. The Morgan fingerprint density at radius 2 is 2.27 bits per heavy atom. The molecule has 0 aromatic carbocycles. The van der Waals surface area contributed by atoms with Gasteiger partial charge in [0.2, 0.25) is 0 Å². The largest absolute Gasteiger partial charge is 0.377 e. The predicted molar refractivity (Wildman–Crippen MR) is 66.7 cm³/mol. The number of hydrogen-bond donors (Lipinski definition) is 2. The van der Waals surface area contributed by atoms with Crippen molar-refractivity contribution in [1.82, 2.24) is 10.2 Å². The molecule has 0 atom stereocenters. The molecule has 15 heavy (non-hydrogen) atoms. The van der Waals surface area contributed by atoms with Gasteiger partial charge in [0.05, 0.1) is 5.00 Å². The summed E-state index contributed by atoms with van der Waals surface area (Å²) in [6, 6.07) is 4.22. The molecule has 1 fully saturated rings. The van der Waals surface area contributed by atoms with E-state index in [0.29, 0.717) is 0 Å². The average molecular weight is 225 g/mol. The van der Waals surface area contributed by atoms with Gasteiger partial charge in [0.25, 0.3) is 0 Å². The molecule has 1 aliphatic heterocycles. The highest BCUT2D eigenvalue weighted by atomic mass is 32.1. The molecule has 2 heterocycles. The summed E-state index contributed by atoms with van der Waals surface area (Å²) in [7, 11) is 0. The van der Waals surface area contributed by atoms with Gasteiger partial charge in [-0.3, -0.25) is 0 Å². The Morgan fingerprint density at radius 1 is 1.40 bits per heavy atom. The van der Waals surface area contributed by atoms with Crippen molar-refractivity contribution in [2.45, 2.75) is 6.42 Å². The van der Waals surface area contributed by atoms with Crippen molar-refractivity contribution in [2.24, 2.45) is 0 Å². The normalized spacial score (nSPS) is 17.9. The van der Waals surface area contributed by atoms with Crippen LogP contribution in [0.5, 0.6) is 0 Å². The standard InChI is InChI=1S/C11H19N3S/c1-3-11(15-10-1)13-4-2-7-14-8-5-12-6-9-14/h1,3,10,12-13H,2,4-9H2. The van der Waals surface area contributed by atoms with Crippen LogP contribution in [0.1, 0.15) is 6.42 Å². The lowest BCUT2D eigenvalue weighted by Crippen LogP contribution is -2.44. The highest BCUT2D eigenvalue weighted by molar-refractivity contribution is 7.14. The third kappa shape index (κ3) is 3.81. The fraction of sp³-hybridized carbons (Fsp3) is 0.636. The second-order valence-corrected chi connectivity index (χ2v) is 4.80.